The predicted octanol–water partition coefficient (Wildman–Crippen LogP) is 5.96. The van der Waals surface area contributed by atoms with Gasteiger partial charge in [0.05, 0.1) is 5.70 Å². The first-order valence-corrected chi connectivity index (χ1v) is 7.64. The summed E-state index contributed by atoms with van der Waals surface area (Å²) in [4.78, 5) is 7.54. The normalized spacial score (nSPS) is 11.7. The zero-order chi connectivity index (χ0) is 15.9. The summed E-state index contributed by atoms with van der Waals surface area (Å²) in [5.41, 5.74) is 4.26. The third-order valence-corrected chi connectivity index (χ3v) is 3.42. The molecule has 0 saturated carbocycles. The van der Waals surface area contributed by atoms with Crippen LogP contribution in [0.3, 0.4) is 0 Å². The van der Waals surface area contributed by atoms with Gasteiger partial charge in [0.1, 0.15) is 0 Å². The van der Waals surface area contributed by atoms with E-state index < -0.39 is 0 Å². The van der Waals surface area contributed by atoms with Crippen LogP contribution in [0.2, 0.25) is 0 Å². The highest BCUT2D eigenvalue weighted by Crippen LogP contribution is 2.28. The van der Waals surface area contributed by atoms with Crippen LogP contribution >= 0.6 is 0 Å². The van der Waals surface area contributed by atoms with E-state index in [9.17, 15) is 0 Å². The highest BCUT2D eigenvalue weighted by molar-refractivity contribution is 6.08. The highest BCUT2D eigenvalue weighted by Gasteiger charge is 2.06. The van der Waals surface area contributed by atoms with Gasteiger partial charge in [0.2, 0.25) is 0 Å². The van der Waals surface area contributed by atoms with Crippen molar-refractivity contribution in [2.75, 3.05) is 0 Å². The third kappa shape index (κ3) is 3.01. The minimum Gasteiger partial charge on any atom is -0.355 e. The van der Waals surface area contributed by atoms with Gasteiger partial charge in [0.15, 0.2) is 0 Å². The summed E-state index contributed by atoms with van der Waals surface area (Å²) in [5, 5.41) is 2.45. The van der Waals surface area contributed by atoms with Crippen molar-refractivity contribution in [3.8, 4) is 0 Å². The number of para-hydroxylation sites is 1. The maximum Gasteiger partial charge on any atom is 0.0694 e. The number of hydrogen-bond acceptors (Lipinski definition) is 1. The standard InChI is InChI=1S/C18H16N2.C2H6/c1-3-4-8-16(19-2)13-10-11-18-15(12-13)14-7-5-6-9-17(14)20-18;1-2/h3-12,20H,2H2,1H3;1-2H3/b4-3-,16-8-;. The number of rotatable bonds is 3. The summed E-state index contributed by atoms with van der Waals surface area (Å²) < 4.78 is 0. The Labute approximate surface area is 131 Å². The molecule has 3 aromatic rings. The smallest absolute Gasteiger partial charge is 0.0694 e. The molecule has 1 N–H and O–H groups in total. The topological polar surface area (TPSA) is 28.1 Å². The fourth-order valence-corrected chi connectivity index (χ4v) is 2.44. The molecular weight excluding hydrogens is 268 g/mol. The Hall–Kier alpha value is -2.61. The second-order valence-corrected chi connectivity index (χ2v) is 4.67. The van der Waals surface area contributed by atoms with Gasteiger partial charge >= 0.3 is 0 Å². The number of fused-ring (bicyclic) bond motifs is 3. The molecule has 0 aliphatic rings. The highest BCUT2D eigenvalue weighted by atomic mass is 14.7. The monoisotopic (exact) mass is 290 g/mol. The van der Waals surface area contributed by atoms with Crippen molar-refractivity contribution in [2.24, 2.45) is 4.99 Å². The molecule has 0 aliphatic heterocycles. The minimum atomic E-state index is 0.885. The summed E-state index contributed by atoms with van der Waals surface area (Å²) in [6.07, 6.45) is 5.93. The van der Waals surface area contributed by atoms with Gasteiger partial charge in [-0.2, -0.15) is 0 Å². The summed E-state index contributed by atoms with van der Waals surface area (Å²) >= 11 is 0. The molecule has 0 saturated heterocycles. The minimum absolute atomic E-state index is 0.885. The van der Waals surface area contributed by atoms with E-state index >= 15 is 0 Å². The van der Waals surface area contributed by atoms with Crippen LogP contribution < -0.4 is 0 Å². The zero-order valence-corrected chi connectivity index (χ0v) is 13.4. The molecule has 0 spiro atoms. The van der Waals surface area contributed by atoms with Gasteiger partial charge in [-0.3, -0.25) is 4.99 Å². The Bertz CT molecular complexity index is 835. The van der Waals surface area contributed by atoms with Crippen molar-refractivity contribution < 1.29 is 0 Å². The summed E-state index contributed by atoms with van der Waals surface area (Å²) in [5.74, 6) is 0. The van der Waals surface area contributed by atoms with E-state index in [-0.39, 0.29) is 0 Å². The molecule has 2 heteroatoms. The molecule has 0 amide bonds. The first-order chi connectivity index (χ1) is 10.8. The van der Waals surface area contributed by atoms with E-state index in [1.54, 1.807) is 0 Å². The Balaban J connectivity index is 0.000000847. The first kappa shape index (κ1) is 15.8. The average Bonchev–Trinajstić information content (AvgIpc) is 2.95. The molecule has 2 aromatic carbocycles. The Morgan fingerprint density at radius 2 is 1.77 bits per heavy atom. The van der Waals surface area contributed by atoms with Crippen LogP contribution in [0.25, 0.3) is 27.5 Å². The van der Waals surface area contributed by atoms with Crippen molar-refractivity contribution in [2.45, 2.75) is 20.8 Å². The van der Waals surface area contributed by atoms with Gasteiger partial charge in [0, 0.05) is 27.4 Å². The van der Waals surface area contributed by atoms with E-state index in [1.165, 1.54) is 10.8 Å². The van der Waals surface area contributed by atoms with Gasteiger partial charge in [-0.25, -0.2) is 0 Å². The fourth-order valence-electron chi connectivity index (χ4n) is 2.44. The number of allylic oxidation sites excluding steroid dienone is 3. The first-order valence-electron chi connectivity index (χ1n) is 7.64. The molecule has 2 nitrogen and oxygen atoms in total. The summed E-state index contributed by atoms with van der Waals surface area (Å²) in [6, 6.07) is 14.7. The quantitative estimate of drug-likeness (QED) is 0.455. The van der Waals surface area contributed by atoms with Crippen molar-refractivity contribution >= 4 is 34.2 Å². The van der Waals surface area contributed by atoms with Crippen LogP contribution in [0.15, 0.2) is 65.7 Å². The molecule has 1 heterocycles. The molecule has 3 rings (SSSR count). The van der Waals surface area contributed by atoms with Crippen LogP contribution in [0.4, 0.5) is 0 Å². The van der Waals surface area contributed by atoms with E-state index in [0.717, 1.165) is 22.3 Å². The Kier molecular flexibility index (Phi) is 5.31. The summed E-state index contributed by atoms with van der Waals surface area (Å²) in [6.45, 7) is 9.65. The van der Waals surface area contributed by atoms with E-state index in [1.807, 2.05) is 45.1 Å². The van der Waals surface area contributed by atoms with Crippen LogP contribution in [-0.2, 0) is 0 Å². The molecule has 0 fully saturated rings. The van der Waals surface area contributed by atoms with Gasteiger partial charge < -0.3 is 4.98 Å². The van der Waals surface area contributed by atoms with Crippen molar-refractivity contribution in [3.63, 3.8) is 0 Å². The number of benzene rings is 2. The SMILES string of the molecule is C=N/C(=C\C=C/C)c1ccc2[nH]c3ccccc3c2c1.CC. The van der Waals surface area contributed by atoms with Gasteiger partial charge in [-0.05, 0) is 37.9 Å². The lowest BCUT2D eigenvalue weighted by atomic mass is 10.1. The molecule has 0 bridgehead atoms. The molecule has 0 atom stereocenters. The van der Waals surface area contributed by atoms with Crippen LogP contribution in [-0.4, -0.2) is 11.7 Å². The maximum atomic E-state index is 4.12. The van der Waals surface area contributed by atoms with Crippen molar-refractivity contribution in [3.05, 3.63) is 66.3 Å². The van der Waals surface area contributed by atoms with E-state index in [0.29, 0.717) is 0 Å². The van der Waals surface area contributed by atoms with E-state index in [2.05, 4.69) is 53.1 Å². The largest absolute Gasteiger partial charge is 0.355 e. The Morgan fingerprint density at radius 3 is 2.50 bits per heavy atom. The number of nitrogens with zero attached hydrogens (tertiary/aromatic N) is 1. The number of aromatic amines is 1. The number of aromatic nitrogens is 1. The lowest BCUT2D eigenvalue weighted by Crippen LogP contribution is -1.80. The van der Waals surface area contributed by atoms with Gasteiger partial charge in [-0.15, -0.1) is 0 Å². The van der Waals surface area contributed by atoms with E-state index in [4.69, 9.17) is 0 Å². The lowest BCUT2D eigenvalue weighted by Gasteiger charge is -2.01. The fraction of sp³-hybridized carbons (Fsp3) is 0.150. The molecule has 112 valence electrons. The number of nitrogens with one attached hydrogen (secondary N) is 1. The number of hydrogen-bond donors (Lipinski definition) is 1. The van der Waals surface area contributed by atoms with Crippen LogP contribution in [0.5, 0.6) is 0 Å². The molecule has 0 unspecified atom stereocenters. The second kappa shape index (κ2) is 7.41. The second-order valence-electron chi connectivity index (χ2n) is 4.67. The molecule has 0 radical (unpaired) electrons. The third-order valence-electron chi connectivity index (χ3n) is 3.42. The molecular formula is C20H22N2. The maximum absolute atomic E-state index is 4.12. The van der Waals surface area contributed by atoms with Gasteiger partial charge in [-0.1, -0.05) is 50.3 Å². The van der Waals surface area contributed by atoms with Crippen molar-refractivity contribution in [1.82, 2.24) is 4.98 Å². The number of aliphatic imine (C=N–C) groups is 1. The Morgan fingerprint density at radius 1 is 1.05 bits per heavy atom. The molecule has 1 aromatic heterocycles. The number of H-pyrrole nitrogens is 1. The predicted molar refractivity (Wildman–Crippen MR) is 99.5 cm³/mol. The van der Waals surface area contributed by atoms with Crippen molar-refractivity contribution in [1.29, 1.82) is 0 Å². The molecule has 22 heavy (non-hydrogen) atoms. The van der Waals surface area contributed by atoms with Crippen LogP contribution in [0, 0.1) is 0 Å². The van der Waals surface area contributed by atoms with Gasteiger partial charge in [0.25, 0.3) is 0 Å². The summed E-state index contributed by atoms with van der Waals surface area (Å²) in [7, 11) is 0. The van der Waals surface area contributed by atoms with Crippen LogP contribution in [0.1, 0.15) is 26.3 Å². The average molecular weight is 290 g/mol. The lowest BCUT2D eigenvalue weighted by molar-refractivity contribution is 1.50. The molecule has 0 aliphatic carbocycles. The zero-order valence-electron chi connectivity index (χ0n) is 13.4.